The number of nitrogens with zero attached hydrogens (tertiary/aromatic N) is 5. The monoisotopic (exact) mass is 493 g/mol. The number of ether oxygens (including phenoxy) is 2. The first kappa shape index (κ1) is 22.5. The Bertz CT molecular complexity index is 1730. The van der Waals surface area contributed by atoms with Gasteiger partial charge in [0.1, 0.15) is 12.3 Å². The number of imidazole rings is 2. The lowest BCUT2D eigenvalue weighted by atomic mass is 10.1. The lowest BCUT2D eigenvalue weighted by molar-refractivity contribution is -0.141. The molecule has 0 amide bonds. The Morgan fingerprint density at radius 1 is 1.09 bits per heavy atom. The minimum Gasteiger partial charge on any atom is -0.495 e. The molecule has 3 heterocycles. The van der Waals surface area contributed by atoms with Gasteiger partial charge in [-0.2, -0.15) is 4.98 Å². The number of methoxy groups -OCH3 is 2. The maximum Gasteiger partial charge on any atom is 0.333 e. The lowest BCUT2D eigenvalue weighted by Gasteiger charge is -2.13. The smallest absolute Gasteiger partial charge is 0.333 e. The third-order valence-electron chi connectivity index (χ3n) is 5.82. The molecule has 5 aromatic rings. The number of rotatable bonds is 5. The molecule has 0 N–H and O–H groups in total. The van der Waals surface area contributed by atoms with E-state index in [2.05, 4.69) is 9.72 Å². The van der Waals surface area contributed by atoms with Crippen LogP contribution in [-0.4, -0.2) is 43.3 Å². The molecular formula is C24H20ClN5O5. The number of benzene rings is 2. The van der Waals surface area contributed by atoms with Crippen LogP contribution in [0.15, 0.2) is 64.3 Å². The first-order chi connectivity index (χ1) is 16.8. The van der Waals surface area contributed by atoms with Gasteiger partial charge in [-0.25, -0.2) is 9.36 Å². The van der Waals surface area contributed by atoms with Crippen molar-refractivity contribution >= 4 is 34.5 Å². The van der Waals surface area contributed by atoms with E-state index >= 15 is 0 Å². The van der Waals surface area contributed by atoms with Crippen LogP contribution in [0, 0.1) is 0 Å². The van der Waals surface area contributed by atoms with Crippen molar-refractivity contribution in [2.45, 2.75) is 6.54 Å². The van der Waals surface area contributed by atoms with Crippen LogP contribution >= 0.6 is 11.6 Å². The SMILES string of the molecule is COC(=O)Cn1c(=O)c2c(nc3n(-c4cc(Cl)ccc4OC)c(-c4ccccc4)cn23)n(C)c1=O. The van der Waals surface area contributed by atoms with Crippen LogP contribution in [0.1, 0.15) is 0 Å². The van der Waals surface area contributed by atoms with Crippen molar-refractivity contribution in [2.75, 3.05) is 14.2 Å². The molecule has 0 radical (unpaired) electrons. The molecule has 0 aliphatic heterocycles. The molecule has 3 aromatic heterocycles. The molecule has 0 unspecified atom stereocenters. The molecular weight excluding hydrogens is 474 g/mol. The molecule has 0 saturated heterocycles. The fraction of sp³-hybridized carbons (Fsp3) is 0.167. The van der Waals surface area contributed by atoms with Gasteiger partial charge in [-0.3, -0.25) is 23.1 Å². The van der Waals surface area contributed by atoms with Gasteiger partial charge in [-0.1, -0.05) is 41.9 Å². The molecule has 0 bridgehead atoms. The Morgan fingerprint density at radius 3 is 2.51 bits per heavy atom. The van der Waals surface area contributed by atoms with Gasteiger partial charge in [0, 0.05) is 23.8 Å². The zero-order valence-electron chi connectivity index (χ0n) is 19.1. The van der Waals surface area contributed by atoms with Crippen LogP contribution in [0.4, 0.5) is 0 Å². The topological polar surface area (TPSA) is 102 Å². The molecule has 10 nitrogen and oxygen atoms in total. The Kier molecular flexibility index (Phi) is 5.45. The molecule has 2 aromatic carbocycles. The van der Waals surface area contributed by atoms with E-state index in [0.717, 1.165) is 10.1 Å². The average Bonchev–Trinajstić information content (AvgIpc) is 3.42. The van der Waals surface area contributed by atoms with Crippen LogP contribution in [-0.2, 0) is 23.1 Å². The normalized spacial score (nSPS) is 11.3. The third-order valence-corrected chi connectivity index (χ3v) is 6.05. The molecule has 0 aliphatic rings. The number of hydrogen-bond donors (Lipinski definition) is 0. The first-order valence-corrected chi connectivity index (χ1v) is 10.9. The summed E-state index contributed by atoms with van der Waals surface area (Å²) in [7, 11) is 4.23. The quantitative estimate of drug-likeness (QED) is 0.349. The van der Waals surface area contributed by atoms with Gasteiger partial charge < -0.3 is 9.47 Å². The summed E-state index contributed by atoms with van der Waals surface area (Å²) in [4.78, 5) is 42.8. The second kappa shape index (κ2) is 8.48. The highest BCUT2D eigenvalue weighted by Crippen LogP contribution is 2.34. The van der Waals surface area contributed by atoms with Crippen molar-refractivity contribution in [1.82, 2.24) is 23.1 Å². The summed E-state index contributed by atoms with van der Waals surface area (Å²) in [5.74, 6) is 0.187. The molecule has 11 heteroatoms. The Hall–Kier alpha value is -4.31. The highest BCUT2D eigenvalue weighted by molar-refractivity contribution is 6.30. The van der Waals surface area contributed by atoms with E-state index in [0.29, 0.717) is 27.9 Å². The van der Waals surface area contributed by atoms with E-state index in [1.165, 1.54) is 18.7 Å². The van der Waals surface area contributed by atoms with Gasteiger partial charge in [0.2, 0.25) is 5.78 Å². The van der Waals surface area contributed by atoms with Gasteiger partial charge in [0.05, 0.1) is 25.6 Å². The largest absolute Gasteiger partial charge is 0.495 e. The predicted octanol–water partition coefficient (Wildman–Crippen LogP) is 2.64. The van der Waals surface area contributed by atoms with Crippen molar-refractivity contribution in [3.05, 3.63) is 80.6 Å². The van der Waals surface area contributed by atoms with Crippen LogP contribution in [0.3, 0.4) is 0 Å². The number of aryl methyl sites for hydroxylation is 1. The summed E-state index contributed by atoms with van der Waals surface area (Å²) < 4.78 is 15.7. The lowest BCUT2D eigenvalue weighted by Crippen LogP contribution is -2.41. The van der Waals surface area contributed by atoms with Gasteiger partial charge in [-0.05, 0) is 18.2 Å². The zero-order valence-corrected chi connectivity index (χ0v) is 19.8. The molecule has 0 fully saturated rings. The third kappa shape index (κ3) is 3.50. The van der Waals surface area contributed by atoms with Crippen molar-refractivity contribution in [3.8, 4) is 22.7 Å². The number of hydrogen-bond acceptors (Lipinski definition) is 6. The zero-order chi connectivity index (χ0) is 24.9. The summed E-state index contributed by atoms with van der Waals surface area (Å²) in [5, 5.41) is 0.482. The van der Waals surface area contributed by atoms with Gasteiger partial charge >= 0.3 is 11.7 Å². The maximum absolute atomic E-state index is 13.4. The summed E-state index contributed by atoms with van der Waals surface area (Å²) in [5.41, 5.74) is 1.15. The summed E-state index contributed by atoms with van der Waals surface area (Å²) in [6.07, 6.45) is 1.76. The van der Waals surface area contributed by atoms with Crippen LogP contribution < -0.4 is 16.0 Å². The predicted molar refractivity (Wildman–Crippen MR) is 131 cm³/mol. The van der Waals surface area contributed by atoms with Crippen molar-refractivity contribution in [1.29, 1.82) is 0 Å². The molecule has 0 aliphatic carbocycles. The maximum atomic E-state index is 13.4. The number of aromatic nitrogens is 5. The second-order valence-corrected chi connectivity index (χ2v) is 8.23. The molecule has 35 heavy (non-hydrogen) atoms. The Balaban J connectivity index is 1.94. The molecule has 0 saturated carbocycles. The summed E-state index contributed by atoms with van der Waals surface area (Å²) >= 11 is 6.33. The van der Waals surface area contributed by atoms with Gasteiger partial charge in [0.25, 0.3) is 5.56 Å². The number of halogens is 1. The minimum atomic E-state index is -0.712. The van der Waals surface area contributed by atoms with Gasteiger partial charge in [-0.15, -0.1) is 0 Å². The van der Waals surface area contributed by atoms with Crippen molar-refractivity contribution in [3.63, 3.8) is 0 Å². The number of fused-ring (bicyclic) bond motifs is 3. The fourth-order valence-corrected chi connectivity index (χ4v) is 4.28. The molecule has 0 atom stereocenters. The summed E-state index contributed by atoms with van der Waals surface area (Å²) in [6, 6.07) is 14.7. The second-order valence-electron chi connectivity index (χ2n) is 7.79. The van der Waals surface area contributed by atoms with E-state index in [4.69, 9.17) is 16.3 Å². The van der Waals surface area contributed by atoms with E-state index in [1.54, 1.807) is 35.9 Å². The van der Waals surface area contributed by atoms with Crippen LogP contribution in [0.2, 0.25) is 5.02 Å². The standard InChI is InChI=1S/C24H20ClN5O5/c1-27-21-20(22(32)29(24(27)33)13-19(31)35-3)28-12-17(14-7-5-4-6-8-14)30(23(28)26-21)16-11-15(25)9-10-18(16)34-2/h4-12H,13H2,1-3H3. The Morgan fingerprint density at radius 2 is 1.83 bits per heavy atom. The fourth-order valence-electron chi connectivity index (χ4n) is 4.12. The van der Waals surface area contributed by atoms with Crippen molar-refractivity contribution < 1.29 is 14.3 Å². The van der Waals surface area contributed by atoms with Crippen LogP contribution in [0.5, 0.6) is 5.75 Å². The molecule has 178 valence electrons. The first-order valence-electron chi connectivity index (χ1n) is 10.5. The van der Waals surface area contributed by atoms with E-state index in [9.17, 15) is 14.4 Å². The van der Waals surface area contributed by atoms with E-state index < -0.39 is 23.8 Å². The highest BCUT2D eigenvalue weighted by Gasteiger charge is 2.24. The number of carbonyl (C=O) groups excluding carboxylic acids is 1. The minimum absolute atomic E-state index is 0.142. The highest BCUT2D eigenvalue weighted by atomic mass is 35.5. The van der Waals surface area contributed by atoms with Gasteiger partial charge in [0.15, 0.2) is 11.2 Å². The van der Waals surface area contributed by atoms with E-state index in [-0.39, 0.29) is 11.2 Å². The molecule has 0 spiro atoms. The van der Waals surface area contributed by atoms with Crippen LogP contribution in [0.25, 0.3) is 33.9 Å². The number of esters is 1. The average molecular weight is 494 g/mol. The Labute approximate surface area is 203 Å². The van der Waals surface area contributed by atoms with Crippen molar-refractivity contribution in [2.24, 2.45) is 7.05 Å². The number of carbonyl (C=O) groups is 1. The van der Waals surface area contributed by atoms with E-state index in [1.807, 2.05) is 34.9 Å². The molecule has 5 rings (SSSR count). The summed E-state index contributed by atoms with van der Waals surface area (Å²) in [6.45, 7) is -0.514.